The highest BCUT2D eigenvalue weighted by atomic mass is 127. The summed E-state index contributed by atoms with van der Waals surface area (Å²) in [4.78, 5) is 14.2. The molecule has 4 heterocycles. The lowest BCUT2D eigenvalue weighted by Gasteiger charge is -2.32. The first-order chi connectivity index (χ1) is 13.8. The summed E-state index contributed by atoms with van der Waals surface area (Å²) in [5.74, 6) is 1.81. The van der Waals surface area contributed by atoms with E-state index in [4.69, 9.17) is 9.73 Å². The molecular weight excluding hydrogens is 481 g/mol. The van der Waals surface area contributed by atoms with E-state index >= 15 is 0 Å². The van der Waals surface area contributed by atoms with Crippen LogP contribution in [-0.4, -0.2) is 82.5 Å². The molecule has 2 aliphatic heterocycles. The molecular formula is C20H30IN7O. The van der Waals surface area contributed by atoms with Gasteiger partial charge in [0.05, 0.1) is 19.8 Å². The van der Waals surface area contributed by atoms with E-state index in [2.05, 4.69) is 32.1 Å². The Balaban J connectivity index is 0.00000240. The summed E-state index contributed by atoms with van der Waals surface area (Å²) in [7, 11) is 0. The van der Waals surface area contributed by atoms with Crippen molar-refractivity contribution < 1.29 is 4.74 Å². The standard InChI is InChI=1S/C20H29N7O.HI/c1-2-21-20(26-9-5-18(16-26)25-10-12-28-13-11-25)23-15-17-4-7-22-19(14-17)27-8-3-6-24-27;/h3-4,6-8,14,18H,2,5,9-13,15-16H2,1H3,(H,21,23);1H. The highest BCUT2D eigenvalue weighted by Gasteiger charge is 2.30. The third-order valence-electron chi connectivity index (χ3n) is 5.32. The number of nitrogens with one attached hydrogen (secondary N) is 1. The molecule has 2 fully saturated rings. The first-order valence-electron chi connectivity index (χ1n) is 10.1. The third kappa shape index (κ3) is 5.67. The predicted octanol–water partition coefficient (Wildman–Crippen LogP) is 1.76. The van der Waals surface area contributed by atoms with Crippen molar-refractivity contribution in [3.8, 4) is 5.82 Å². The van der Waals surface area contributed by atoms with Crippen LogP contribution in [0, 0.1) is 0 Å². The van der Waals surface area contributed by atoms with Crippen molar-refractivity contribution in [3.05, 3.63) is 42.4 Å². The number of ether oxygens (including phenoxy) is 1. The number of pyridine rings is 1. The SMILES string of the molecule is CCNC(=NCc1ccnc(-n2cccn2)c1)N1CCC(N2CCOCC2)C1.I. The number of nitrogens with zero attached hydrogens (tertiary/aromatic N) is 6. The van der Waals surface area contributed by atoms with Crippen LogP contribution in [0.15, 0.2) is 41.8 Å². The van der Waals surface area contributed by atoms with Crippen molar-refractivity contribution in [2.24, 2.45) is 4.99 Å². The topological polar surface area (TPSA) is 70.8 Å². The minimum absolute atomic E-state index is 0. The number of aliphatic imine (C=N–C) groups is 1. The Morgan fingerprint density at radius 1 is 1.28 bits per heavy atom. The van der Waals surface area contributed by atoms with Crippen LogP contribution in [0.4, 0.5) is 0 Å². The van der Waals surface area contributed by atoms with Gasteiger partial charge in [-0.05, 0) is 37.1 Å². The van der Waals surface area contributed by atoms with E-state index < -0.39 is 0 Å². The molecule has 0 amide bonds. The second kappa shape index (κ2) is 10.9. The number of guanidine groups is 1. The van der Waals surface area contributed by atoms with Crippen LogP contribution in [0.1, 0.15) is 18.9 Å². The van der Waals surface area contributed by atoms with Gasteiger partial charge < -0.3 is 15.0 Å². The minimum atomic E-state index is 0. The summed E-state index contributed by atoms with van der Waals surface area (Å²) in [5.41, 5.74) is 1.12. The van der Waals surface area contributed by atoms with Gasteiger partial charge in [-0.15, -0.1) is 24.0 Å². The van der Waals surface area contributed by atoms with E-state index in [1.807, 2.05) is 30.6 Å². The molecule has 158 valence electrons. The molecule has 4 rings (SSSR count). The van der Waals surface area contributed by atoms with E-state index in [-0.39, 0.29) is 24.0 Å². The van der Waals surface area contributed by atoms with Crippen LogP contribution in [-0.2, 0) is 11.3 Å². The number of likely N-dealkylation sites (tertiary alicyclic amines) is 1. The third-order valence-corrected chi connectivity index (χ3v) is 5.32. The second-order valence-corrected chi connectivity index (χ2v) is 7.18. The maximum atomic E-state index is 5.49. The van der Waals surface area contributed by atoms with Crippen LogP contribution >= 0.6 is 24.0 Å². The Labute approximate surface area is 189 Å². The first-order valence-corrected chi connectivity index (χ1v) is 10.1. The number of halogens is 1. The zero-order valence-electron chi connectivity index (χ0n) is 16.9. The Morgan fingerprint density at radius 3 is 2.90 bits per heavy atom. The molecule has 0 aliphatic carbocycles. The molecule has 0 aromatic carbocycles. The van der Waals surface area contributed by atoms with Gasteiger partial charge in [0, 0.05) is 57.4 Å². The fourth-order valence-corrected chi connectivity index (χ4v) is 3.86. The lowest BCUT2D eigenvalue weighted by atomic mass is 10.2. The van der Waals surface area contributed by atoms with Crippen molar-refractivity contribution in [2.75, 3.05) is 45.9 Å². The summed E-state index contributed by atoms with van der Waals surface area (Å²) in [6, 6.07) is 6.55. The average molecular weight is 511 g/mol. The number of aromatic nitrogens is 3. The van der Waals surface area contributed by atoms with Crippen LogP contribution < -0.4 is 5.32 Å². The van der Waals surface area contributed by atoms with Gasteiger partial charge in [0.25, 0.3) is 0 Å². The molecule has 9 heteroatoms. The molecule has 0 spiro atoms. The van der Waals surface area contributed by atoms with Crippen molar-refractivity contribution >= 4 is 29.9 Å². The van der Waals surface area contributed by atoms with E-state index in [0.717, 1.165) is 63.3 Å². The molecule has 2 saturated heterocycles. The lowest BCUT2D eigenvalue weighted by molar-refractivity contribution is 0.0195. The van der Waals surface area contributed by atoms with Gasteiger partial charge in [-0.2, -0.15) is 5.10 Å². The first kappa shape index (κ1) is 22.0. The van der Waals surface area contributed by atoms with Crippen molar-refractivity contribution in [3.63, 3.8) is 0 Å². The quantitative estimate of drug-likeness (QED) is 0.375. The molecule has 1 N–H and O–H groups in total. The molecule has 0 saturated carbocycles. The molecule has 29 heavy (non-hydrogen) atoms. The predicted molar refractivity (Wildman–Crippen MR) is 124 cm³/mol. The molecule has 2 aliphatic rings. The normalized spacial score (nSPS) is 20.5. The Morgan fingerprint density at radius 2 is 2.14 bits per heavy atom. The number of hydrogen-bond acceptors (Lipinski definition) is 5. The molecule has 8 nitrogen and oxygen atoms in total. The molecule has 0 radical (unpaired) electrons. The van der Waals surface area contributed by atoms with Gasteiger partial charge in [-0.25, -0.2) is 14.7 Å². The maximum absolute atomic E-state index is 5.49. The number of rotatable bonds is 5. The van der Waals surface area contributed by atoms with Crippen LogP contribution in [0.25, 0.3) is 5.82 Å². The van der Waals surface area contributed by atoms with E-state index in [1.54, 1.807) is 10.9 Å². The smallest absolute Gasteiger partial charge is 0.194 e. The van der Waals surface area contributed by atoms with Gasteiger partial charge in [0.2, 0.25) is 0 Å². The fourth-order valence-electron chi connectivity index (χ4n) is 3.86. The Kier molecular flexibility index (Phi) is 8.25. The van der Waals surface area contributed by atoms with Crippen molar-refractivity contribution in [1.82, 2.24) is 29.9 Å². The van der Waals surface area contributed by atoms with Crippen LogP contribution in [0.3, 0.4) is 0 Å². The van der Waals surface area contributed by atoms with Gasteiger partial charge in [-0.1, -0.05) is 0 Å². The average Bonchev–Trinajstić information content (AvgIpc) is 3.44. The summed E-state index contributed by atoms with van der Waals surface area (Å²) >= 11 is 0. The van der Waals surface area contributed by atoms with E-state index in [9.17, 15) is 0 Å². The van der Waals surface area contributed by atoms with Crippen LogP contribution in [0.5, 0.6) is 0 Å². The largest absolute Gasteiger partial charge is 0.379 e. The second-order valence-electron chi connectivity index (χ2n) is 7.18. The fraction of sp³-hybridized carbons (Fsp3) is 0.550. The molecule has 2 aromatic rings. The minimum Gasteiger partial charge on any atom is -0.379 e. The molecule has 0 bridgehead atoms. The van der Waals surface area contributed by atoms with Gasteiger partial charge >= 0.3 is 0 Å². The molecule has 1 atom stereocenters. The van der Waals surface area contributed by atoms with E-state index in [1.165, 1.54) is 6.42 Å². The summed E-state index contributed by atoms with van der Waals surface area (Å²) in [6.45, 7) is 9.47. The Hall–Kier alpha value is -1.72. The van der Waals surface area contributed by atoms with Gasteiger partial charge in [0.1, 0.15) is 0 Å². The van der Waals surface area contributed by atoms with Crippen molar-refractivity contribution in [1.29, 1.82) is 0 Å². The summed E-state index contributed by atoms with van der Waals surface area (Å²) in [6.07, 6.45) is 6.66. The zero-order chi connectivity index (χ0) is 19.2. The van der Waals surface area contributed by atoms with Crippen molar-refractivity contribution in [2.45, 2.75) is 25.9 Å². The summed E-state index contributed by atoms with van der Waals surface area (Å²) in [5, 5.41) is 7.71. The highest BCUT2D eigenvalue weighted by Crippen LogP contribution is 2.17. The Bertz CT molecular complexity index is 777. The lowest BCUT2D eigenvalue weighted by Crippen LogP contribution is -2.46. The number of morpholine rings is 1. The maximum Gasteiger partial charge on any atom is 0.194 e. The van der Waals surface area contributed by atoms with E-state index in [0.29, 0.717) is 12.6 Å². The van der Waals surface area contributed by atoms with Gasteiger partial charge in [-0.3, -0.25) is 4.90 Å². The van der Waals surface area contributed by atoms with Crippen LogP contribution in [0.2, 0.25) is 0 Å². The molecule has 1 unspecified atom stereocenters. The highest BCUT2D eigenvalue weighted by molar-refractivity contribution is 14.0. The molecule has 2 aromatic heterocycles. The zero-order valence-corrected chi connectivity index (χ0v) is 19.2. The monoisotopic (exact) mass is 511 g/mol. The van der Waals surface area contributed by atoms with Gasteiger partial charge in [0.15, 0.2) is 11.8 Å². The number of hydrogen-bond donors (Lipinski definition) is 1. The summed E-state index contributed by atoms with van der Waals surface area (Å²) < 4.78 is 7.26.